The molecule has 11 heteroatoms. The Balaban J connectivity index is 1.48. The first-order valence-electron chi connectivity index (χ1n) is 9.83. The molecule has 31 heavy (non-hydrogen) atoms. The summed E-state index contributed by atoms with van der Waals surface area (Å²) in [6, 6.07) is 6.89. The van der Waals surface area contributed by atoms with Crippen molar-refractivity contribution in [2.75, 3.05) is 30.4 Å². The maximum absolute atomic E-state index is 12.9. The Morgan fingerprint density at radius 2 is 2.00 bits per heavy atom. The average Bonchev–Trinajstić information content (AvgIpc) is 3.22. The van der Waals surface area contributed by atoms with Gasteiger partial charge in [0.25, 0.3) is 5.56 Å². The Hall–Kier alpha value is -2.98. The lowest BCUT2D eigenvalue weighted by molar-refractivity contribution is -0.125. The SMILES string of the molecule is CNC(=O)C1CCN(c2nc3ncn(CC(=O)Nc4ccccc4Cl)c(=O)c3s2)CC1. The predicted molar refractivity (Wildman–Crippen MR) is 121 cm³/mol. The number of fused-ring (bicyclic) bond motifs is 1. The van der Waals surface area contributed by atoms with Gasteiger partial charge < -0.3 is 15.5 Å². The highest BCUT2D eigenvalue weighted by Crippen LogP contribution is 2.29. The minimum Gasteiger partial charge on any atom is -0.359 e. The molecule has 1 saturated heterocycles. The van der Waals surface area contributed by atoms with Gasteiger partial charge in [-0.2, -0.15) is 4.98 Å². The average molecular weight is 461 g/mol. The minimum atomic E-state index is -0.377. The Labute approximate surface area is 187 Å². The van der Waals surface area contributed by atoms with Gasteiger partial charge in [-0.05, 0) is 25.0 Å². The normalized spacial score (nSPS) is 14.6. The lowest BCUT2D eigenvalue weighted by Crippen LogP contribution is -2.39. The number of nitrogens with zero attached hydrogens (tertiary/aromatic N) is 4. The molecule has 0 atom stereocenters. The van der Waals surface area contributed by atoms with Gasteiger partial charge in [-0.3, -0.25) is 19.0 Å². The van der Waals surface area contributed by atoms with Crippen LogP contribution in [0.4, 0.5) is 10.8 Å². The van der Waals surface area contributed by atoms with Gasteiger partial charge in [-0.25, -0.2) is 4.98 Å². The van der Waals surface area contributed by atoms with Gasteiger partial charge in [-0.15, -0.1) is 0 Å². The quantitative estimate of drug-likeness (QED) is 0.603. The van der Waals surface area contributed by atoms with E-state index in [1.54, 1.807) is 31.3 Å². The number of nitrogens with one attached hydrogen (secondary N) is 2. The molecule has 1 fully saturated rings. The maximum Gasteiger partial charge on any atom is 0.273 e. The lowest BCUT2D eigenvalue weighted by atomic mass is 9.96. The number of amides is 2. The van der Waals surface area contributed by atoms with E-state index in [2.05, 4.69) is 25.5 Å². The van der Waals surface area contributed by atoms with Crippen molar-refractivity contribution in [2.24, 2.45) is 5.92 Å². The second-order valence-electron chi connectivity index (χ2n) is 7.23. The number of hydrogen-bond acceptors (Lipinski definition) is 7. The van der Waals surface area contributed by atoms with Crippen LogP contribution < -0.4 is 21.1 Å². The third kappa shape index (κ3) is 4.54. The summed E-state index contributed by atoms with van der Waals surface area (Å²) in [5, 5.41) is 6.51. The molecule has 1 aliphatic rings. The summed E-state index contributed by atoms with van der Waals surface area (Å²) < 4.78 is 1.66. The number of rotatable bonds is 5. The summed E-state index contributed by atoms with van der Waals surface area (Å²) >= 11 is 7.32. The molecule has 9 nitrogen and oxygen atoms in total. The van der Waals surface area contributed by atoms with E-state index in [0.29, 0.717) is 39.3 Å². The van der Waals surface area contributed by atoms with Gasteiger partial charge >= 0.3 is 0 Å². The Morgan fingerprint density at radius 1 is 1.26 bits per heavy atom. The van der Waals surface area contributed by atoms with Crippen molar-refractivity contribution in [3.8, 4) is 0 Å². The summed E-state index contributed by atoms with van der Waals surface area (Å²) in [4.78, 5) is 47.9. The number of aromatic nitrogens is 3. The largest absolute Gasteiger partial charge is 0.359 e. The first-order chi connectivity index (χ1) is 15.0. The predicted octanol–water partition coefficient (Wildman–Crippen LogP) is 2.11. The zero-order valence-electron chi connectivity index (χ0n) is 16.8. The zero-order chi connectivity index (χ0) is 22.0. The van der Waals surface area contributed by atoms with Crippen molar-refractivity contribution in [2.45, 2.75) is 19.4 Å². The number of carbonyl (C=O) groups is 2. The Kier molecular flexibility index (Phi) is 6.19. The molecule has 3 aromatic rings. The number of hydrogen-bond donors (Lipinski definition) is 2. The molecule has 0 bridgehead atoms. The molecule has 2 amide bonds. The molecule has 4 rings (SSSR count). The summed E-state index contributed by atoms with van der Waals surface area (Å²) in [7, 11) is 1.65. The molecular formula is C20H21ClN6O3S. The number of anilines is 2. The standard InChI is InChI=1S/C20H21ClN6O3S/c1-22-18(29)12-6-8-26(9-7-12)20-25-17-16(31-20)19(30)27(11-23-17)10-15(28)24-14-5-3-2-4-13(14)21/h2-5,11-12H,6-10H2,1H3,(H,22,29)(H,24,28). The van der Waals surface area contributed by atoms with E-state index in [0.717, 1.165) is 12.8 Å². The van der Waals surface area contributed by atoms with Gasteiger partial charge in [0.2, 0.25) is 11.8 Å². The number of para-hydroxylation sites is 1. The van der Waals surface area contributed by atoms with E-state index >= 15 is 0 Å². The van der Waals surface area contributed by atoms with E-state index in [1.165, 1.54) is 22.2 Å². The highest BCUT2D eigenvalue weighted by molar-refractivity contribution is 7.22. The first-order valence-corrected chi connectivity index (χ1v) is 11.0. The van der Waals surface area contributed by atoms with Crippen molar-refractivity contribution in [1.29, 1.82) is 0 Å². The van der Waals surface area contributed by atoms with Crippen LogP contribution in [-0.2, 0) is 16.1 Å². The van der Waals surface area contributed by atoms with Crippen molar-refractivity contribution >= 4 is 55.9 Å². The molecule has 0 saturated carbocycles. The number of thiazole rings is 1. The van der Waals surface area contributed by atoms with Gasteiger partial charge in [0, 0.05) is 26.1 Å². The van der Waals surface area contributed by atoms with Crippen LogP contribution in [0.15, 0.2) is 35.4 Å². The van der Waals surface area contributed by atoms with Crippen molar-refractivity contribution in [3.63, 3.8) is 0 Å². The van der Waals surface area contributed by atoms with Crippen LogP contribution in [0.1, 0.15) is 12.8 Å². The number of benzene rings is 1. The zero-order valence-corrected chi connectivity index (χ0v) is 18.4. The van der Waals surface area contributed by atoms with Crippen LogP contribution in [0.2, 0.25) is 5.02 Å². The molecule has 1 aromatic carbocycles. The fraction of sp³-hybridized carbons (Fsp3) is 0.350. The molecule has 3 heterocycles. The maximum atomic E-state index is 12.9. The lowest BCUT2D eigenvalue weighted by Gasteiger charge is -2.30. The highest BCUT2D eigenvalue weighted by atomic mass is 35.5. The van der Waals surface area contributed by atoms with Gasteiger partial charge in [0.05, 0.1) is 10.7 Å². The second-order valence-corrected chi connectivity index (χ2v) is 8.62. The van der Waals surface area contributed by atoms with Gasteiger partial charge in [-0.1, -0.05) is 35.1 Å². The fourth-order valence-electron chi connectivity index (χ4n) is 3.53. The van der Waals surface area contributed by atoms with E-state index in [9.17, 15) is 14.4 Å². The Morgan fingerprint density at radius 3 is 2.71 bits per heavy atom. The van der Waals surface area contributed by atoms with Crippen LogP contribution in [0.3, 0.4) is 0 Å². The molecule has 1 aliphatic heterocycles. The fourth-order valence-corrected chi connectivity index (χ4v) is 4.73. The topological polar surface area (TPSA) is 109 Å². The van der Waals surface area contributed by atoms with E-state index in [-0.39, 0.29) is 29.8 Å². The van der Waals surface area contributed by atoms with E-state index in [1.807, 2.05) is 0 Å². The summed E-state index contributed by atoms with van der Waals surface area (Å²) in [6.07, 6.45) is 2.79. The molecule has 0 unspecified atom stereocenters. The van der Waals surface area contributed by atoms with Crippen molar-refractivity contribution in [3.05, 3.63) is 46.0 Å². The molecular weight excluding hydrogens is 440 g/mol. The van der Waals surface area contributed by atoms with Crippen molar-refractivity contribution in [1.82, 2.24) is 19.9 Å². The smallest absolute Gasteiger partial charge is 0.273 e. The second kappa shape index (κ2) is 9.03. The summed E-state index contributed by atoms with van der Waals surface area (Å²) in [5.74, 6) is -0.316. The molecule has 162 valence electrons. The van der Waals surface area contributed by atoms with Gasteiger partial charge in [0.1, 0.15) is 17.6 Å². The highest BCUT2D eigenvalue weighted by Gasteiger charge is 2.26. The van der Waals surface area contributed by atoms with Gasteiger partial charge in [0.15, 0.2) is 10.8 Å². The minimum absolute atomic E-state index is 0.00242. The molecule has 0 aliphatic carbocycles. The number of carbonyl (C=O) groups excluding carboxylic acids is 2. The Bertz CT molecular complexity index is 1190. The number of halogens is 1. The monoisotopic (exact) mass is 460 g/mol. The van der Waals surface area contributed by atoms with Crippen LogP contribution in [0.25, 0.3) is 10.3 Å². The van der Waals surface area contributed by atoms with Crippen LogP contribution in [0.5, 0.6) is 0 Å². The summed E-state index contributed by atoms with van der Waals surface area (Å²) in [5.41, 5.74) is 0.529. The molecule has 2 N–H and O–H groups in total. The third-order valence-corrected chi connectivity index (χ3v) is 6.64. The van der Waals surface area contributed by atoms with Crippen LogP contribution in [-0.4, -0.2) is 46.5 Å². The van der Waals surface area contributed by atoms with E-state index in [4.69, 9.17) is 11.6 Å². The van der Waals surface area contributed by atoms with E-state index < -0.39 is 0 Å². The molecule has 0 radical (unpaired) electrons. The molecule has 0 spiro atoms. The number of piperidine rings is 1. The summed E-state index contributed by atoms with van der Waals surface area (Å²) in [6.45, 7) is 1.19. The first kappa shape index (κ1) is 21.3. The third-order valence-electron chi connectivity index (χ3n) is 5.22. The van der Waals surface area contributed by atoms with Crippen molar-refractivity contribution < 1.29 is 9.59 Å². The molecule has 2 aromatic heterocycles. The van der Waals surface area contributed by atoms with Crippen LogP contribution >= 0.6 is 22.9 Å². The van der Waals surface area contributed by atoms with Crippen LogP contribution in [0, 0.1) is 5.92 Å².